The van der Waals surface area contributed by atoms with E-state index in [1.165, 1.54) is 6.08 Å². The second kappa shape index (κ2) is 7.20. The topological polar surface area (TPSA) is 75.6 Å². The van der Waals surface area contributed by atoms with E-state index in [9.17, 15) is 14.7 Å². The third kappa shape index (κ3) is 4.83. The summed E-state index contributed by atoms with van der Waals surface area (Å²) in [6, 6.07) is 7.86. The number of allylic oxidation sites excluding steroid dienone is 1. The van der Waals surface area contributed by atoms with Crippen LogP contribution in [0.2, 0.25) is 0 Å². The molecule has 0 amide bonds. The van der Waals surface area contributed by atoms with Gasteiger partial charge in [-0.15, -0.1) is 0 Å². The van der Waals surface area contributed by atoms with Crippen LogP contribution in [-0.4, -0.2) is 23.7 Å². The quantitative estimate of drug-likeness (QED) is 0.605. The van der Waals surface area contributed by atoms with Gasteiger partial charge in [0, 0.05) is 11.8 Å². The van der Waals surface area contributed by atoms with Gasteiger partial charge in [-0.05, 0) is 19.4 Å². The van der Waals surface area contributed by atoms with Gasteiger partial charge >= 0.3 is 11.9 Å². The average Bonchev–Trinajstić information content (AvgIpc) is 2.37. The van der Waals surface area contributed by atoms with Crippen LogP contribution < -0.4 is 5.32 Å². The lowest BCUT2D eigenvalue weighted by atomic mass is 10.1. The fourth-order valence-corrected chi connectivity index (χ4v) is 1.56. The molecule has 0 saturated heterocycles. The minimum Gasteiger partial charge on any atom is -0.479 e. The maximum Gasteiger partial charge on any atom is 0.332 e. The summed E-state index contributed by atoms with van der Waals surface area (Å²) in [5.74, 6) is -1.51. The molecule has 0 saturated carbocycles. The number of nitrogens with one attached hydrogen (secondary N) is 1. The fraction of sp³-hybridized carbons (Fsp3) is 0.286. The number of carbonyl (C=O) groups excluding carboxylic acids is 1. The lowest BCUT2D eigenvalue weighted by Crippen LogP contribution is -2.27. The number of carboxylic acid groups (broad SMARTS) is 1. The minimum absolute atomic E-state index is 0.281. The largest absolute Gasteiger partial charge is 0.479 e. The van der Waals surface area contributed by atoms with Crippen molar-refractivity contribution in [1.82, 2.24) is 5.32 Å². The van der Waals surface area contributed by atoms with Gasteiger partial charge in [0.15, 0.2) is 0 Å². The molecule has 1 atom stereocenters. The maximum absolute atomic E-state index is 11.3. The Kier molecular flexibility index (Phi) is 5.60. The Morgan fingerprint density at radius 1 is 1.37 bits per heavy atom. The van der Waals surface area contributed by atoms with Crippen molar-refractivity contribution in [2.24, 2.45) is 0 Å². The van der Waals surface area contributed by atoms with Gasteiger partial charge in [-0.1, -0.05) is 30.3 Å². The number of carbonyl (C=O) groups is 2. The highest BCUT2D eigenvalue weighted by molar-refractivity contribution is 5.83. The highest BCUT2D eigenvalue weighted by Gasteiger charge is 2.19. The number of hydrogen-bond donors (Lipinski definition) is 2. The van der Waals surface area contributed by atoms with E-state index in [0.29, 0.717) is 11.3 Å². The Balaban J connectivity index is 2.81. The standard InChI is InChI=1S/C14H17NO4/c1-3-19-12(16)9-10(2)15-13(14(17)18)11-7-5-4-6-8-11/h4-9,13,15H,3H2,1-2H3,(H,17,18)/b10-9-/t13-/m1/s1. The number of rotatable bonds is 6. The first kappa shape index (κ1) is 14.8. The monoisotopic (exact) mass is 263 g/mol. The van der Waals surface area contributed by atoms with Crippen molar-refractivity contribution >= 4 is 11.9 Å². The molecule has 2 N–H and O–H groups in total. The summed E-state index contributed by atoms with van der Waals surface area (Å²) < 4.78 is 4.76. The van der Waals surface area contributed by atoms with Gasteiger partial charge in [0.05, 0.1) is 6.61 Å². The Hall–Kier alpha value is -2.30. The predicted molar refractivity (Wildman–Crippen MR) is 70.3 cm³/mol. The first-order valence-electron chi connectivity index (χ1n) is 5.94. The van der Waals surface area contributed by atoms with Gasteiger partial charge in [0.2, 0.25) is 0 Å². The van der Waals surface area contributed by atoms with Crippen LogP contribution in [0.4, 0.5) is 0 Å². The summed E-state index contributed by atoms with van der Waals surface area (Å²) in [6.07, 6.45) is 1.24. The van der Waals surface area contributed by atoms with E-state index in [0.717, 1.165) is 0 Å². The van der Waals surface area contributed by atoms with Crippen molar-refractivity contribution in [3.8, 4) is 0 Å². The third-order valence-electron chi connectivity index (χ3n) is 2.37. The molecule has 0 aliphatic rings. The molecule has 102 valence electrons. The lowest BCUT2D eigenvalue weighted by molar-refractivity contribution is -0.140. The average molecular weight is 263 g/mol. The first-order valence-corrected chi connectivity index (χ1v) is 5.94. The highest BCUT2D eigenvalue weighted by atomic mass is 16.5. The second-order valence-corrected chi connectivity index (χ2v) is 3.91. The fourth-order valence-electron chi connectivity index (χ4n) is 1.56. The third-order valence-corrected chi connectivity index (χ3v) is 2.37. The molecule has 0 aliphatic carbocycles. The Morgan fingerprint density at radius 3 is 2.53 bits per heavy atom. The van der Waals surface area contributed by atoms with Crippen molar-refractivity contribution in [2.45, 2.75) is 19.9 Å². The summed E-state index contributed by atoms with van der Waals surface area (Å²) in [6.45, 7) is 3.61. The SMILES string of the molecule is CCOC(=O)/C=C(/C)N[C@@H](C(=O)O)c1ccccc1. The van der Waals surface area contributed by atoms with Gasteiger partial charge in [-0.3, -0.25) is 0 Å². The Bertz CT molecular complexity index is 468. The van der Waals surface area contributed by atoms with Gasteiger partial charge < -0.3 is 15.2 Å². The molecule has 1 aromatic carbocycles. The van der Waals surface area contributed by atoms with E-state index in [1.807, 2.05) is 6.07 Å². The molecule has 0 radical (unpaired) electrons. The molecule has 19 heavy (non-hydrogen) atoms. The van der Waals surface area contributed by atoms with Crippen molar-refractivity contribution in [3.63, 3.8) is 0 Å². The number of carboxylic acids is 1. The molecule has 1 rings (SSSR count). The highest BCUT2D eigenvalue weighted by Crippen LogP contribution is 2.14. The van der Waals surface area contributed by atoms with Crippen LogP contribution in [0.25, 0.3) is 0 Å². The summed E-state index contributed by atoms with van der Waals surface area (Å²) in [5, 5.41) is 12.0. The molecular formula is C14H17NO4. The predicted octanol–water partition coefficient (Wildman–Crippen LogP) is 1.87. The molecule has 0 aromatic heterocycles. The molecular weight excluding hydrogens is 246 g/mol. The smallest absolute Gasteiger partial charge is 0.332 e. The summed E-state index contributed by atoms with van der Waals surface area (Å²) >= 11 is 0. The van der Waals surface area contributed by atoms with Crippen LogP contribution in [0.1, 0.15) is 25.5 Å². The van der Waals surface area contributed by atoms with Crippen LogP contribution >= 0.6 is 0 Å². The van der Waals surface area contributed by atoms with Crippen molar-refractivity contribution < 1.29 is 19.4 Å². The van der Waals surface area contributed by atoms with Crippen LogP contribution in [0.15, 0.2) is 42.1 Å². The summed E-state index contributed by atoms with van der Waals surface area (Å²) in [4.78, 5) is 22.5. The Labute approximate surface area is 111 Å². The maximum atomic E-state index is 11.3. The molecule has 0 aliphatic heterocycles. The van der Waals surface area contributed by atoms with Crippen molar-refractivity contribution in [1.29, 1.82) is 0 Å². The van der Waals surface area contributed by atoms with Gasteiger partial charge in [-0.25, -0.2) is 9.59 Å². The van der Waals surface area contributed by atoms with Crippen molar-refractivity contribution in [2.75, 3.05) is 6.61 Å². The van der Waals surface area contributed by atoms with E-state index in [4.69, 9.17) is 4.74 Å². The lowest BCUT2D eigenvalue weighted by Gasteiger charge is -2.16. The second-order valence-electron chi connectivity index (χ2n) is 3.91. The Morgan fingerprint density at radius 2 is 2.00 bits per heavy atom. The van der Waals surface area contributed by atoms with Crippen LogP contribution in [-0.2, 0) is 14.3 Å². The molecule has 0 fully saturated rings. The summed E-state index contributed by atoms with van der Waals surface area (Å²) in [5.41, 5.74) is 1.06. The molecule has 0 bridgehead atoms. The van der Waals surface area contributed by atoms with Gasteiger partial charge in [0.1, 0.15) is 6.04 Å². The molecule has 0 heterocycles. The number of ether oxygens (including phenoxy) is 1. The van der Waals surface area contributed by atoms with Crippen LogP contribution in [0.3, 0.4) is 0 Å². The number of aliphatic carboxylic acids is 1. The zero-order valence-electron chi connectivity index (χ0n) is 10.9. The van der Waals surface area contributed by atoms with E-state index < -0.39 is 18.0 Å². The van der Waals surface area contributed by atoms with Gasteiger partial charge in [-0.2, -0.15) is 0 Å². The van der Waals surface area contributed by atoms with Crippen molar-refractivity contribution in [3.05, 3.63) is 47.7 Å². The van der Waals surface area contributed by atoms with Gasteiger partial charge in [0.25, 0.3) is 0 Å². The minimum atomic E-state index is -1.01. The number of benzene rings is 1. The zero-order chi connectivity index (χ0) is 14.3. The first-order chi connectivity index (χ1) is 9.04. The normalized spacial score (nSPS) is 12.6. The zero-order valence-corrected chi connectivity index (χ0v) is 10.9. The molecule has 5 heteroatoms. The van der Waals surface area contributed by atoms with E-state index in [2.05, 4.69) is 5.32 Å². The molecule has 0 spiro atoms. The molecule has 0 unspecified atom stereocenters. The number of esters is 1. The molecule has 1 aromatic rings. The van der Waals surface area contributed by atoms with E-state index in [1.54, 1.807) is 38.1 Å². The van der Waals surface area contributed by atoms with Crippen LogP contribution in [0.5, 0.6) is 0 Å². The van der Waals surface area contributed by atoms with E-state index in [-0.39, 0.29) is 6.61 Å². The molecule has 5 nitrogen and oxygen atoms in total. The van der Waals surface area contributed by atoms with Crippen LogP contribution in [0, 0.1) is 0 Å². The number of hydrogen-bond acceptors (Lipinski definition) is 4. The summed E-state index contributed by atoms with van der Waals surface area (Å²) in [7, 11) is 0. The van der Waals surface area contributed by atoms with E-state index >= 15 is 0 Å².